The van der Waals surface area contributed by atoms with Crippen LogP contribution < -0.4 is 10.6 Å². The van der Waals surface area contributed by atoms with E-state index in [0.29, 0.717) is 6.54 Å². The van der Waals surface area contributed by atoms with Gasteiger partial charge in [0.2, 0.25) is 0 Å². The topological polar surface area (TPSA) is 62.5 Å². The molecule has 0 saturated heterocycles. The van der Waals surface area contributed by atoms with Gasteiger partial charge in [0.1, 0.15) is 5.76 Å². The molecule has 17 heavy (non-hydrogen) atoms. The molecule has 1 rings (SSSR count). The monoisotopic (exact) mass is 236 g/mol. The van der Waals surface area contributed by atoms with E-state index in [4.69, 9.17) is 4.52 Å². The zero-order chi connectivity index (χ0) is 12.7. The van der Waals surface area contributed by atoms with Crippen LogP contribution in [0.2, 0.25) is 0 Å². The zero-order valence-corrected chi connectivity index (χ0v) is 10.7. The van der Waals surface area contributed by atoms with Crippen LogP contribution in [0.1, 0.15) is 17.0 Å². The Morgan fingerprint density at radius 2 is 2.24 bits per heavy atom. The van der Waals surface area contributed by atoms with E-state index in [1.54, 1.807) is 13.1 Å². The van der Waals surface area contributed by atoms with E-state index in [0.717, 1.165) is 35.9 Å². The number of hydrogen-bond donors (Lipinski definition) is 2. The summed E-state index contributed by atoms with van der Waals surface area (Å²) in [4.78, 5) is 4.10. The van der Waals surface area contributed by atoms with E-state index in [-0.39, 0.29) is 0 Å². The second kappa shape index (κ2) is 6.73. The predicted molar refractivity (Wildman–Crippen MR) is 69.2 cm³/mol. The summed E-state index contributed by atoms with van der Waals surface area (Å²) in [5.41, 5.74) is 2.12. The lowest BCUT2D eigenvalue weighted by atomic mass is 10.1. The highest BCUT2D eigenvalue weighted by Gasteiger charge is 2.08. The van der Waals surface area contributed by atoms with Crippen LogP contribution in [0.3, 0.4) is 0 Å². The van der Waals surface area contributed by atoms with E-state index >= 15 is 0 Å². The molecular weight excluding hydrogens is 216 g/mol. The first-order valence-corrected chi connectivity index (χ1v) is 5.66. The van der Waals surface area contributed by atoms with Crippen molar-refractivity contribution in [3.8, 4) is 0 Å². The molecule has 5 heteroatoms. The van der Waals surface area contributed by atoms with Gasteiger partial charge in [-0.3, -0.25) is 4.99 Å². The van der Waals surface area contributed by atoms with Crippen molar-refractivity contribution in [2.45, 2.75) is 20.3 Å². The van der Waals surface area contributed by atoms with Crippen molar-refractivity contribution < 1.29 is 4.52 Å². The molecule has 0 bridgehead atoms. The quantitative estimate of drug-likeness (QED) is 0.458. The second-order valence-electron chi connectivity index (χ2n) is 3.72. The first-order chi connectivity index (χ1) is 8.19. The summed E-state index contributed by atoms with van der Waals surface area (Å²) in [6, 6.07) is 0. The Kier molecular flexibility index (Phi) is 5.26. The van der Waals surface area contributed by atoms with Gasteiger partial charge in [0, 0.05) is 25.7 Å². The van der Waals surface area contributed by atoms with E-state index in [2.05, 4.69) is 27.4 Å². The van der Waals surface area contributed by atoms with Crippen molar-refractivity contribution in [2.75, 3.05) is 20.1 Å². The lowest BCUT2D eigenvalue weighted by Crippen LogP contribution is -2.38. The molecule has 0 aliphatic heterocycles. The van der Waals surface area contributed by atoms with Crippen LogP contribution in [-0.4, -0.2) is 31.3 Å². The molecule has 0 aliphatic carbocycles. The molecule has 1 heterocycles. The summed E-state index contributed by atoms with van der Waals surface area (Å²) in [5.74, 6) is 1.66. The second-order valence-corrected chi connectivity index (χ2v) is 3.72. The number of aliphatic imine (C=N–C) groups is 1. The number of hydrogen-bond acceptors (Lipinski definition) is 3. The number of nitrogens with zero attached hydrogens (tertiary/aromatic N) is 2. The first-order valence-electron chi connectivity index (χ1n) is 5.66. The van der Waals surface area contributed by atoms with Crippen molar-refractivity contribution in [3.63, 3.8) is 0 Å². The number of aromatic nitrogens is 1. The number of rotatable bonds is 5. The van der Waals surface area contributed by atoms with Crippen LogP contribution in [-0.2, 0) is 6.42 Å². The van der Waals surface area contributed by atoms with Gasteiger partial charge < -0.3 is 15.2 Å². The van der Waals surface area contributed by atoms with Crippen molar-refractivity contribution in [1.29, 1.82) is 0 Å². The molecule has 1 aromatic heterocycles. The lowest BCUT2D eigenvalue weighted by molar-refractivity contribution is 0.392. The molecule has 0 spiro atoms. The normalized spacial score (nSPS) is 11.4. The molecule has 0 aliphatic rings. The van der Waals surface area contributed by atoms with Gasteiger partial charge in [0.15, 0.2) is 5.96 Å². The standard InChI is InChI=1S/C12H20N4O/c1-5-7-14-12(13-4)15-8-6-11-9(2)16-17-10(11)3/h5H,1,6-8H2,2-4H3,(H2,13,14,15). The average Bonchev–Trinajstić information content (AvgIpc) is 2.64. The van der Waals surface area contributed by atoms with E-state index < -0.39 is 0 Å². The van der Waals surface area contributed by atoms with Crippen LogP contribution in [0.5, 0.6) is 0 Å². The zero-order valence-electron chi connectivity index (χ0n) is 10.7. The van der Waals surface area contributed by atoms with Crippen LogP contribution in [0.15, 0.2) is 22.2 Å². The Bertz CT molecular complexity index is 376. The molecule has 0 atom stereocenters. The predicted octanol–water partition coefficient (Wildman–Crippen LogP) is 1.18. The summed E-state index contributed by atoms with van der Waals surface area (Å²) in [7, 11) is 1.74. The van der Waals surface area contributed by atoms with Gasteiger partial charge in [-0.2, -0.15) is 0 Å². The summed E-state index contributed by atoms with van der Waals surface area (Å²) < 4.78 is 5.11. The number of guanidine groups is 1. The Balaban J connectivity index is 2.39. The van der Waals surface area contributed by atoms with Gasteiger partial charge in [-0.25, -0.2) is 0 Å². The highest BCUT2D eigenvalue weighted by atomic mass is 16.5. The fourth-order valence-electron chi connectivity index (χ4n) is 1.55. The van der Waals surface area contributed by atoms with Gasteiger partial charge in [0.25, 0.3) is 0 Å². The molecule has 5 nitrogen and oxygen atoms in total. The fraction of sp³-hybridized carbons (Fsp3) is 0.500. The number of nitrogens with one attached hydrogen (secondary N) is 2. The minimum absolute atomic E-state index is 0.699. The minimum atomic E-state index is 0.699. The highest BCUT2D eigenvalue weighted by Crippen LogP contribution is 2.11. The Morgan fingerprint density at radius 1 is 1.47 bits per heavy atom. The largest absolute Gasteiger partial charge is 0.361 e. The van der Waals surface area contributed by atoms with Gasteiger partial charge in [0.05, 0.1) is 5.69 Å². The smallest absolute Gasteiger partial charge is 0.191 e. The summed E-state index contributed by atoms with van der Waals surface area (Å²) in [6.45, 7) is 9.02. The van der Waals surface area contributed by atoms with Crippen LogP contribution in [0, 0.1) is 13.8 Å². The molecule has 0 fully saturated rings. The Morgan fingerprint density at radius 3 is 2.76 bits per heavy atom. The van der Waals surface area contributed by atoms with Crippen LogP contribution in [0.25, 0.3) is 0 Å². The number of aryl methyl sites for hydroxylation is 2. The van der Waals surface area contributed by atoms with Gasteiger partial charge in [-0.15, -0.1) is 6.58 Å². The van der Waals surface area contributed by atoms with Gasteiger partial charge >= 0.3 is 0 Å². The average molecular weight is 236 g/mol. The molecular formula is C12H20N4O. The van der Waals surface area contributed by atoms with E-state index in [9.17, 15) is 0 Å². The third-order valence-electron chi connectivity index (χ3n) is 2.49. The van der Waals surface area contributed by atoms with Crippen LogP contribution >= 0.6 is 0 Å². The minimum Gasteiger partial charge on any atom is -0.361 e. The van der Waals surface area contributed by atoms with Crippen molar-refractivity contribution in [3.05, 3.63) is 29.7 Å². The van der Waals surface area contributed by atoms with Crippen LogP contribution in [0.4, 0.5) is 0 Å². The van der Waals surface area contributed by atoms with Crippen molar-refractivity contribution in [2.24, 2.45) is 4.99 Å². The maximum atomic E-state index is 5.11. The molecule has 2 N–H and O–H groups in total. The highest BCUT2D eigenvalue weighted by molar-refractivity contribution is 5.79. The molecule has 0 saturated carbocycles. The summed E-state index contributed by atoms with van der Waals surface area (Å²) >= 11 is 0. The first kappa shape index (κ1) is 13.3. The Labute approximate surface area is 102 Å². The molecule has 94 valence electrons. The van der Waals surface area contributed by atoms with Gasteiger partial charge in [-0.05, 0) is 20.3 Å². The maximum Gasteiger partial charge on any atom is 0.191 e. The third kappa shape index (κ3) is 3.94. The molecule has 0 amide bonds. The van der Waals surface area contributed by atoms with Gasteiger partial charge in [-0.1, -0.05) is 11.2 Å². The molecule has 0 aromatic carbocycles. The fourth-order valence-corrected chi connectivity index (χ4v) is 1.55. The van der Waals surface area contributed by atoms with Crippen molar-refractivity contribution >= 4 is 5.96 Å². The lowest BCUT2D eigenvalue weighted by Gasteiger charge is -2.09. The molecule has 1 aromatic rings. The third-order valence-corrected chi connectivity index (χ3v) is 2.49. The SMILES string of the molecule is C=CCNC(=NC)NCCc1c(C)noc1C. The molecule has 0 radical (unpaired) electrons. The maximum absolute atomic E-state index is 5.11. The summed E-state index contributed by atoms with van der Waals surface area (Å²) in [6.07, 6.45) is 2.66. The van der Waals surface area contributed by atoms with Crippen molar-refractivity contribution in [1.82, 2.24) is 15.8 Å². The van der Waals surface area contributed by atoms with E-state index in [1.165, 1.54) is 0 Å². The van der Waals surface area contributed by atoms with E-state index in [1.807, 2.05) is 13.8 Å². The summed E-state index contributed by atoms with van der Waals surface area (Å²) in [5, 5.41) is 10.3. The molecule has 0 unspecified atom stereocenters. The Hall–Kier alpha value is -1.78.